The van der Waals surface area contributed by atoms with Crippen molar-refractivity contribution < 1.29 is 9.53 Å². The summed E-state index contributed by atoms with van der Waals surface area (Å²) >= 11 is 1.44. The number of amides is 1. The van der Waals surface area contributed by atoms with Gasteiger partial charge in [0.25, 0.3) is 5.91 Å². The summed E-state index contributed by atoms with van der Waals surface area (Å²) in [6.45, 7) is 0. The summed E-state index contributed by atoms with van der Waals surface area (Å²) in [6, 6.07) is 19.3. The highest BCUT2D eigenvalue weighted by molar-refractivity contribution is 7.19. The van der Waals surface area contributed by atoms with Crippen LogP contribution >= 0.6 is 11.3 Å². The number of rotatable bonds is 5. The van der Waals surface area contributed by atoms with Crippen molar-refractivity contribution in [3.63, 3.8) is 0 Å². The van der Waals surface area contributed by atoms with E-state index in [2.05, 4.69) is 10.3 Å². The van der Waals surface area contributed by atoms with E-state index in [0.717, 1.165) is 16.0 Å². The molecule has 0 aliphatic carbocycles. The minimum atomic E-state index is -0.653. The van der Waals surface area contributed by atoms with Crippen molar-refractivity contribution in [3.8, 4) is 10.4 Å². The molecule has 1 heterocycles. The molecule has 1 amide bonds. The summed E-state index contributed by atoms with van der Waals surface area (Å²) in [5.41, 5.74) is 1.89. The van der Waals surface area contributed by atoms with E-state index >= 15 is 0 Å². The average Bonchev–Trinajstić information content (AvgIpc) is 3.06. The number of benzene rings is 2. The second-order valence-corrected chi connectivity index (χ2v) is 5.94. The number of carbonyl (C=O) groups is 1. The molecule has 1 N–H and O–H groups in total. The first-order chi connectivity index (χ1) is 11.3. The highest BCUT2D eigenvalue weighted by atomic mass is 32.1. The van der Waals surface area contributed by atoms with Crippen LogP contribution < -0.4 is 5.32 Å². The lowest BCUT2D eigenvalue weighted by molar-refractivity contribution is -0.126. The monoisotopic (exact) mass is 324 g/mol. The van der Waals surface area contributed by atoms with Gasteiger partial charge in [-0.2, -0.15) is 0 Å². The summed E-state index contributed by atoms with van der Waals surface area (Å²) in [5.74, 6) is -0.229. The molecule has 0 fully saturated rings. The molecule has 0 saturated heterocycles. The van der Waals surface area contributed by atoms with Crippen LogP contribution in [0.25, 0.3) is 10.4 Å². The Bertz CT molecular complexity index is 772. The van der Waals surface area contributed by atoms with Crippen LogP contribution in [0.5, 0.6) is 0 Å². The first kappa shape index (κ1) is 15.4. The van der Waals surface area contributed by atoms with Gasteiger partial charge in [0.05, 0.1) is 4.88 Å². The SMILES string of the molecule is COC(C(=O)Nc1ncc(-c2ccccc2)s1)c1ccccc1. The third-order valence-corrected chi connectivity index (χ3v) is 4.33. The number of ether oxygens (including phenoxy) is 1. The van der Waals surface area contributed by atoms with Crippen LogP contribution in [0.2, 0.25) is 0 Å². The predicted molar refractivity (Wildman–Crippen MR) is 92.4 cm³/mol. The summed E-state index contributed by atoms with van der Waals surface area (Å²) in [6.07, 6.45) is 1.11. The standard InChI is InChI=1S/C18H16N2O2S/c1-22-16(14-10-6-3-7-11-14)17(21)20-18-19-12-15(23-18)13-8-4-2-5-9-13/h2-12,16H,1H3,(H,19,20,21). The molecule has 3 aromatic rings. The normalized spacial score (nSPS) is 11.9. The van der Waals surface area contributed by atoms with Gasteiger partial charge in [0.15, 0.2) is 11.2 Å². The van der Waals surface area contributed by atoms with Crippen molar-refractivity contribution in [2.75, 3.05) is 12.4 Å². The van der Waals surface area contributed by atoms with Crippen molar-refractivity contribution >= 4 is 22.4 Å². The minimum Gasteiger partial charge on any atom is -0.367 e. The first-order valence-electron chi connectivity index (χ1n) is 7.18. The van der Waals surface area contributed by atoms with Crippen LogP contribution in [-0.4, -0.2) is 18.0 Å². The maximum atomic E-state index is 12.4. The zero-order valence-electron chi connectivity index (χ0n) is 12.6. The van der Waals surface area contributed by atoms with E-state index in [1.165, 1.54) is 18.4 Å². The number of carbonyl (C=O) groups excluding carboxylic acids is 1. The zero-order chi connectivity index (χ0) is 16.1. The Labute approximate surface area is 138 Å². The molecule has 1 unspecified atom stereocenters. The number of thiazole rings is 1. The fourth-order valence-corrected chi connectivity index (χ4v) is 3.09. The number of anilines is 1. The van der Waals surface area contributed by atoms with Gasteiger partial charge in [0, 0.05) is 13.3 Å². The fourth-order valence-electron chi connectivity index (χ4n) is 2.26. The summed E-state index contributed by atoms with van der Waals surface area (Å²) in [5, 5.41) is 3.39. The Kier molecular flexibility index (Phi) is 4.80. The van der Waals surface area contributed by atoms with E-state index < -0.39 is 6.10 Å². The number of hydrogen-bond acceptors (Lipinski definition) is 4. The van der Waals surface area contributed by atoms with E-state index in [0.29, 0.717) is 5.13 Å². The van der Waals surface area contributed by atoms with E-state index in [1.54, 1.807) is 6.20 Å². The molecular weight excluding hydrogens is 308 g/mol. The lowest BCUT2D eigenvalue weighted by Crippen LogP contribution is -2.22. The maximum absolute atomic E-state index is 12.4. The molecule has 1 atom stereocenters. The van der Waals surface area contributed by atoms with Gasteiger partial charge < -0.3 is 4.74 Å². The highest BCUT2D eigenvalue weighted by Crippen LogP contribution is 2.29. The van der Waals surface area contributed by atoms with E-state index in [1.807, 2.05) is 60.7 Å². The zero-order valence-corrected chi connectivity index (χ0v) is 13.4. The van der Waals surface area contributed by atoms with Gasteiger partial charge in [-0.1, -0.05) is 72.0 Å². The summed E-state index contributed by atoms with van der Waals surface area (Å²) in [4.78, 5) is 17.7. The molecule has 0 aliphatic rings. The fraction of sp³-hybridized carbons (Fsp3) is 0.111. The lowest BCUT2D eigenvalue weighted by atomic mass is 10.1. The molecule has 3 rings (SSSR count). The van der Waals surface area contributed by atoms with Crippen molar-refractivity contribution in [1.82, 2.24) is 4.98 Å². The second-order valence-electron chi connectivity index (χ2n) is 4.91. The maximum Gasteiger partial charge on any atom is 0.259 e. The molecule has 1 aromatic heterocycles. The Hall–Kier alpha value is -2.50. The van der Waals surface area contributed by atoms with Crippen LogP contribution in [0, 0.1) is 0 Å². The molecule has 116 valence electrons. The highest BCUT2D eigenvalue weighted by Gasteiger charge is 2.21. The third kappa shape index (κ3) is 3.64. The smallest absolute Gasteiger partial charge is 0.259 e. The molecule has 2 aromatic carbocycles. The molecule has 0 saturated carbocycles. The van der Waals surface area contributed by atoms with E-state index in [4.69, 9.17) is 4.74 Å². The van der Waals surface area contributed by atoms with Crippen molar-refractivity contribution in [2.24, 2.45) is 0 Å². The topological polar surface area (TPSA) is 51.2 Å². The van der Waals surface area contributed by atoms with Gasteiger partial charge in [0.1, 0.15) is 0 Å². The van der Waals surface area contributed by atoms with Gasteiger partial charge in [-0.05, 0) is 11.1 Å². The van der Waals surface area contributed by atoms with Gasteiger partial charge in [-0.3, -0.25) is 10.1 Å². The van der Waals surface area contributed by atoms with Gasteiger partial charge in [-0.25, -0.2) is 4.98 Å². The molecule has 5 heteroatoms. The van der Waals surface area contributed by atoms with Crippen LogP contribution in [0.3, 0.4) is 0 Å². The van der Waals surface area contributed by atoms with Crippen LogP contribution in [0.15, 0.2) is 66.9 Å². The van der Waals surface area contributed by atoms with E-state index in [9.17, 15) is 4.79 Å². The van der Waals surface area contributed by atoms with Crippen LogP contribution in [-0.2, 0) is 9.53 Å². The molecule has 23 heavy (non-hydrogen) atoms. The quantitative estimate of drug-likeness (QED) is 0.767. The second kappa shape index (κ2) is 7.17. The Morgan fingerprint density at radius 2 is 1.74 bits per heavy atom. The summed E-state index contributed by atoms with van der Waals surface area (Å²) < 4.78 is 5.33. The Morgan fingerprint density at radius 3 is 2.39 bits per heavy atom. The van der Waals surface area contributed by atoms with Crippen molar-refractivity contribution in [1.29, 1.82) is 0 Å². The number of nitrogens with zero attached hydrogens (tertiary/aromatic N) is 1. The van der Waals surface area contributed by atoms with Crippen molar-refractivity contribution in [3.05, 3.63) is 72.4 Å². The largest absolute Gasteiger partial charge is 0.367 e. The molecule has 4 nitrogen and oxygen atoms in total. The predicted octanol–water partition coefficient (Wildman–Crippen LogP) is 4.14. The van der Waals surface area contributed by atoms with Gasteiger partial charge in [-0.15, -0.1) is 0 Å². The molecule has 0 radical (unpaired) electrons. The average molecular weight is 324 g/mol. The number of methoxy groups -OCH3 is 1. The number of aromatic nitrogens is 1. The molecule has 0 bridgehead atoms. The minimum absolute atomic E-state index is 0.229. The molecular formula is C18H16N2O2S. The molecule has 0 spiro atoms. The van der Waals surface area contributed by atoms with Crippen LogP contribution in [0.4, 0.5) is 5.13 Å². The van der Waals surface area contributed by atoms with Gasteiger partial charge in [0.2, 0.25) is 0 Å². The third-order valence-electron chi connectivity index (χ3n) is 3.37. The first-order valence-corrected chi connectivity index (χ1v) is 7.99. The Morgan fingerprint density at radius 1 is 1.09 bits per heavy atom. The van der Waals surface area contributed by atoms with Crippen LogP contribution in [0.1, 0.15) is 11.7 Å². The lowest BCUT2D eigenvalue weighted by Gasteiger charge is -2.14. The number of nitrogens with one attached hydrogen (secondary N) is 1. The summed E-state index contributed by atoms with van der Waals surface area (Å²) in [7, 11) is 1.52. The van der Waals surface area contributed by atoms with E-state index in [-0.39, 0.29) is 5.91 Å². The van der Waals surface area contributed by atoms with Crippen molar-refractivity contribution in [2.45, 2.75) is 6.10 Å². The van der Waals surface area contributed by atoms with Gasteiger partial charge >= 0.3 is 0 Å². The Balaban J connectivity index is 1.74. The number of hydrogen-bond donors (Lipinski definition) is 1. The molecule has 0 aliphatic heterocycles.